The molecule has 1 heterocycles. The first kappa shape index (κ1) is 24.4. The van der Waals surface area contributed by atoms with E-state index in [-0.39, 0.29) is 29.5 Å². The van der Waals surface area contributed by atoms with Crippen LogP contribution in [0.3, 0.4) is 0 Å². The van der Waals surface area contributed by atoms with Crippen LogP contribution in [0.15, 0.2) is 36.4 Å². The number of benzene rings is 2. The summed E-state index contributed by atoms with van der Waals surface area (Å²) >= 11 is 0. The average molecular weight is 475 g/mol. The molecule has 3 aromatic rings. The number of primary amides is 1. The molecule has 1 unspecified atom stereocenters. The molecule has 3 N–H and O–H groups in total. The van der Waals surface area contributed by atoms with Gasteiger partial charge in [-0.05, 0) is 48.9 Å². The highest BCUT2D eigenvalue weighted by atomic mass is 19.4. The molecule has 1 atom stereocenters. The summed E-state index contributed by atoms with van der Waals surface area (Å²) in [5, 5.41) is 17.7. The van der Waals surface area contributed by atoms with E-state index in [0.29, 0.717) is 16.6 Å². The number of ether oxygens (including phenoxy) is 2. The number of carbonyl (C=O) groups excluding carboxylic acids is 2. The van der Waals surface area contributed by atoms with Crippen molar-refractivity contribution in [3.63, 3.8) is 0 Å². The molecule has 12 heteroatoms. The zero-order chi connectivity index (χ0) is 25.3. The van der Waals surface area contributed by atoms with Gasteiger partial charge in [-0.15, -0.1) is 13.2 Å². The van der Waals surface area contributed by atoms with Crippen molar-refractivity contribution >= 4 is 28.4 Å². The average Bonchev–Trinajstić information content (AvgIpc) is 3.07. The predicted molar refractivity (Wildman–Crippen MR) is 115 cm³/mol. The summed E-state index contributed by atoms with van der Waals surface area (Å²) < 4.78 is 49.0. The molecular formula is C22H20F3N5O4. The van der Waals surface area contributed by atoms with Crippen molar-refractivity contribution in [1.29, 1.82) is 5.26 Å². The van der Waals surface area contributed by atoms with Gasteiger partial charge in [0.2, 0.25) is 17.7 Å². The van der Waals surface area contributed by atoms with Gasteiger partial charge in [0.1, 0.15) is 5.75 Å². The Morgan fingerprint density at radius 3 is 2.50 bits per heavy atom. The van der Waals surface area contributed by atoms with E-state index in [9.17, 15) is 28.0 Å². The first-order valence-electron chi connectivity index (χ1n) is 9.80. The Morgan fingerprint density at radius 1 is 1.24 bits per heavy atom. The Labute approximate surface area is 191 Å². The number of anilines is 1. The summed E-state index contributed by atoms with van der Waals surface area (Å²) in [6, 6.07) is 9.94. The fraction of sp³-hybridized carbons (Fsp3) is 0.273. The molecule has 0 aliphatic carbocycles. The number of fused-ring (bicyclic) bond motifs is 1. The lowest BCUT2D eigenvalue weighted by Gasteiger charge is -2.25. The largest absolute Gasteiger partial charge is 0.573 e. The smallest absolute Gasteiger partial charge is 0.481 e. The maximum Gasteiger partial charge on any atom is 0.573 e. The van der Waals surface area contributed by atoms with Crippen LogP contribution in [0.5, 0.6) is 11.6 Å². The Kier molecular flexibility index (Phi) is 6.40. The number of nitrogens with one attached hydrogen (secondary N) is 1. The highest BCUT2D eigenvalue weighted by Crippen LogP contribution is 2.36. The van der Waals surface area contributed by atoms with Crippen LogP contribution in [0.4, 0.5) is 18.9 Å². The zero-order valence-electron chi connectivity index (χ0n) is 18.4. The molecule has 0 aliphatic heterocycles. The molecule has 0 fully saturated rings. The van der Waals surface area contributed by atoms with Gasteiger partial charge in [-0.1, -0.05) is 0 Å². The van der Waals surface area contributed by atoms with Crippen LogP contribution in [0.1, 0.15) is 29.8 Å². The summed E-state index contributed by atoms with van der Waals surface area (Å²) in [5.74, 6) is -1.53. The number of rotatable bonds is 7. The standard InChI is InChI=1S/C22H20F3N5O4/c1-12(31)28-13-4-6-16-18(8-13)29-30(20(16)33-3)11-21(2,10-26)17-9-14(34-22(23,24)25)5-7-15(17)19(27)32/h4-9H,11H2,1-3H3,(H2,27,32)(H,28,31). The van der Waals surface area contributed by atoms with Crippen molar-refractivity contribution in [1.82, 2.24) is 9.78 Å². The number of amides is 2. The second kappa shape index (κ2) is 8.93. The van der Waals surface area contributed by atoms with Crippen molar-refractivity contribution in [2.75, 3.05) is 12.4 Å². The van der Waals surface area contributed by atoms with E-state index >= 15 is 0 Å². The number of aromatic nitrogens is 2. The number of hydrogen-bond donors (Lipinski definition) is 2. The minimum absolute atomic E-state index is 0.0650. The van der Waals surface area contributed by atoms with Gasteiger partial charge in [0.25, 0.3) is 0 Å². The van der Waals surface area contributed by atoms with E-state index < -0.39 is 23.4 Å². The quantitative estimate of drug-likeness (QED) is 0.538. The molecule has 2 aromatic carbocycles. The van der Waals surface area contributed by atoms with E-state index in [0.717, 1.165) is 18.2 Å². The highest BCUT2D eigenvalue weighted by Gasteiger charge is 2.36. The normalized spacial score (nSPS) is 13.1. The third-order valence-corrected chi connectivity index (χ3v) is 5.00. The minimum Gasteiger partial charge on any atom is -0.481 e. The second-order valence-electron chi connectivity index (χ2n) is 7.64. The summed E-state index contributed by atoms with van der Waals surface area (Å²) in [4.78, 5) is 23.3. The maximum atomic E-state index is 12.8. The van der Waals surface area contributed by atoms with E-state index in [1.807, 2.05) is 6.07 Å². The Morgan fingerprint density at radius 2 is 1.94 bits per heavy atom. The van der Waals surface area contributed by atoms with E-state index in [4.69, 9.17) is 10.5 Å². The van der Waals surface area contributed by atoms with Crippen molar-refractivity contribution < 1.29 is 32.2 Å². The van der Waals surface area contributed by atoms with E-state index in [1.54, 1.807) is 18.2 Å². The summed E-state index contributed by atoms with van der Waals surface area (Å²) in [6.45, 7) is 2.59. The van der Waals surface area contributed by atoms with Gasteiger partial charge in [-0.2, -0.15) is 10.4 Å². The van der Waals surface area contributed by atoms with Crippen LogP contribution in [0, 0.1) is 11.3 Å². The van der Waals surface area contributed by atoms with Crippen molar-refractivity contribution in [3.8, 4) is 17.7 Å². The molecule has 34 heavy (non-hydrogen) atoms. The summed E-state index contributed by atoms with van der Waals surface area (Å²) in [6.07, 6.45) is -4.97. The third kappa shape index (κ3) is 5.03. The highest BCUT2D eigenvalue weighted by molar-refractivity contribution is 5.95. The van der Waals surface area contributed by atoms with Crippen LogP contribution in [-0.2, 0) is 16.8 Å². The minimum atomic E-state index is -4.97. The van der Waals surface area contributed by atoms with Gasteiger partial charge in [0.05, 0.1) is 36.0 Å². The maximum absolute atomic E-state index is 12.8. The second-order valence-corrected chi connectivity index (χ2v) is 7.64. The van der Waals surface area contributed by atoms with Crippen LogP contribution in [0.2, 0.25) is 0 Å². The fourth-order valence-corrected chi connectivity index (χ4v) is 3.59. The predicted octanol–water partition coefficient (Wildman–Crippen LogP) is 3.48. The Bertz CT molecular complexity index is 1310. The van der Waals surface area contributed by atoms with Gasteiger partial charge in [-0.25, -0.2) is 4.68 Å². The SMILES string of the molecule is COc1c2ccc(NC(C)=O)cc2nn1CC(C)(C#N)c1cc(OC(F)(F)F)ccc1C(N)=O. The lowest BCUT2D eigenvalue weighted by molar-refractivity contribution is -0.274. The number of nitrogens with two attached hydrogens (primary N) is 1. The first-order chi connectivity index (χ1) is 15.9. The topological polar surface area (TPSA) is 132 Å². The molecule has 1 aromatic heterocycles. The van der Waals surface area contributed by atoms with Crippen LogP contribution >= 0.6 is 0 Å². The Hall–Kier alpha value is -4.27. The molecule has 2 amide bonds. The van der Waals surface area contributed by atoms with Crippen molar-refractivity contribution in [2.24, 2.45) is 5.73 Å². The molecule has 0 spiro atoms. The third-order valence-electron chi connectivity index (χ3n) is 5.00. The van der Waals surface area contributed by atoms with Gasteiger partial charge in [0.15, 0.2) is 0 Å². The number of carbonyl (C=O) groups is 2. The van der Waals surface area contributed by atoms with E-state index in [2.05, 4.69) is 15.2 Å². The fourth-order valence-electron chi connectivity index (χ4n) is 3.59. The van der Waals surface area contributed by atoms with Gasteiger partial charge in [-0.3, -0.25) is 9.59 Å². The van der Waals surface area contributed by atoms with E-state index in [1.165, 1.54) is 25.6 Å². The lowest BCUT2D eigenvalue weighted by atomic mass is 9.80. The number of methoxy groups -OCH3 is 1. The lowest BCUT2D eigenvalue weighted by Crippen LogP contribution is -2.31. The monoisotopic (exact) mass is 475 g/mol. The number of nitriles is 1. The molecule has 9 nitrogen and oxygen atoms in total. The summed E-state index contributed by atoms with van der Waals surface area (Å²) in [5.41, 5.74) is 4.58. The van der Waals surface area contributed by atoms with Gasteiger partial charge in [0, 0.05) is 18.2 Å². The summed E-state index contributed by atoms with van der Waals surface area (Å²) in [7, 11) is 1.39. The molecule has 3 rings (SSSR count). The first-order valence-corrected chi connectivity index (χ1v) is 9.80. The van der Waals surface area contributed by atoms with Gasteiger partial charge < -0.3 is 20.5 Å². The molecule has 0 radical (unpaired) electrons. The molecule has 178 valence electrons. The van der Waals surface area contributed by atoms with Crippen LogP contribution < -0.4 is 20.5 Å². The van der Waals surface area contributed by atoms with Gasteiger partial charge >= 0.3 is 6.36 Å². The van der Waals surface area contributed by atoms with Crippen molar-refractivity contribution in [3.05, 3.63) is 47.5 Å². The molecule has 0 saturated carbocycles. The molecule has 0 bridgehead atoms. The zero-order valence-corrected chi connectivity index (χ0v) is 18.4. The number of alkyl halides is 3. The molecule has 0 aliphatic rings. The number of hydrogen-bond acceptors (Lipinski definition) is 6. The number of halogens is 3. The molecular weight excluding hydrogens is 455 g/mol. The van der Waals surface area contributed by atoms with Crippen molar-refractivity contribution in [2.45, 2.75) is 32.2 Å². The Balaban J connectivity index is 2.11. The molecule has 0 saturated heterocycles. The van der Waals surface area contributed by atoms with Crippen LogP contribution in [0.25, 0.3) is 10.9 Å². The van der Waals surface area contributed by atoms with Crippen LogP contribution in [-0.4, -0.2) is 35.1 Å². The number of nitrogens with zero attached hydrogens (tertiary/aromatic N) is 3.